The van der Waals surface area contributed by atoms with Gasteiger partial charge in [0.2, 0.25) is 5.91 Å². The minimum Gasteiger partial charge on any atom is -0.381 e. The predicted octanol–water partition coefficient (Wildman–Crippen LogP) is 4.20. The second kappa shape index (κ2) is 8.80. The van der Waals surface area contributed by atoms with Gasteiger partial charge >= 0.3 is 0 Å². The molecule has 1 amide bonds. The van der Waals surface area contributed by atoms with E-state index in [2.05, 4.69) is 55.5 Å². The molecule has 2 heterocycles. The van der Waals surface area contributed by atoms with Crippen LogP contribution in [0.15, 0.2) is 24.3 Å². The molecule has 1 saturated heterocycles. The smallest absolute Gasteiger partial charge is 0.222 e. The molecule has 5 heteroatoms. The number of hydrogen-bond donors (Lipinski definition) is 1. The van der Waals surface area contributed by atoms with Crippen LogP contribution in [-0.2, 0) is 18.3 Å². The number of amides is 1. The summed E-state index contributed by atoms with van der Waals surface area (Å²) < 4.78 is 1.90. The maximum absolute atomic E-state index is 12.8. The number of carbonyl (C=O) groups is 1. The molecule has 3 rings (SSSR count). The van der Waals surface area contributed by atoms with Crippen LogP contribution in [0.25, 0.3) is 0 Å². The Kier molecular flexibility index (Phi) is 6.42. The van der Waals surface area contributed by atoms with E-state index in [0.29, 0.717) is 18.4 Å². The molecule has 1 fully saturated rings. The van der Waals surface area contributed by atoms with Gasteiger partial charge in [-0.3, -0.25) is 9.48 Å². The van der Waals surface area contributed by atoms with Crippen LogP contribution in [0.2, 0.25) is 0 Å². The van der Waals surface area contributed by atoms with Crippen LogP contribution in [0.3, 0.4) is 0 Å². The third kappa shape index (κ3) is 4.75. The number of anilines is 1. The van der Waals surface area contributed by atoms with Crippen molar-refractivity contribution in [2.75, 3.05) is 18.4 Å². The van der Waals surface area contributed by atoms with Crippen LogP contribution < -0.4 is 5.32 Å². The quantitative estimate of drug-likeness (QED) is 0.815. The van der Waals surface area contributed by atoms with E-state index in [9.17, 15) is 4.79 Å². The molecular weight excluding hydrogens is 348 g/mol. The number of hydrogen-bond acceptors (Lipinski definition) is 3. The van der Waals surface area contributed by atoms with Crippen molar-refractivity contribution in [3.8, 4) is 0 Å². The molecule has 1 aromatic carbocycles. The van der Waals surface area contributed by atoms with Gasteiger partial charge in [0, 0.05) is 44.0 Å². The summed E-state index contributed by atoms with van der Waals surface area (Å²) in [7, 11) is 1.96. The summed E-state index contributed by atoms with van der Waals surface area (Å²) in [5.41, 5.74) is 5.91. The fourth-order valence-corrected chi connectivity index (χ4v) is 4.09. The van der Waals surface area contributed by atoms with Gasteiger partial charge in [0.15, 0.2) is 0 Å². The number of carbonyl (C=O) groups excluding carboxylic acids is 1. The van der Waals surface area contributed by atoms with Crippen LogP contribution >= 0.6 is 0 Å². The van der Waals surface area contributed by atoms with Crippen molar-refractivity contribution in [3.63, 3.8) is 0 Å². The van der Waals surface area contributed by atoms with Crippen molar-refractivity contribution < 1.29 is 4.79 Å². The average Bonchev–Trinajstić information content (AvgIpc) is 2.92. The average molecular weight is 383 g/mol. The van der Waals surface area contributed by atoms with Gasteiger partial charge in [-0.25, -0.2) is 0 Å². The van der Waals surface area contributed by atoms with Crippen LogP contribution in [0, 0.1) is 13.8 Å². The second-order valence-electron chi connectivity index (χ2n) is 8.37. The van der Waals surface area contributed by atoms with E-state index in [1.807, 2.05) is 23.6 Å². The summed E-state index contributed by atoms with van der Waals surface area (Å²) in [5.74, 6) is 0.799. The molecule has 1 aliphatic rings. The van der Waals surface area contributed by atoms with Gasteiger partial charge in [0.1, 0.15) is 0 Å². The van der Waals surface area contributed by atoms with Gasteiger partial charge < -0.3 is 10.2 Å². The fourth-order valence-electron chi connectivity index (χ4n) is 4.09. The molecule has 28 heavy (non-hydrogen) atoms. The monoisotopic (exact) mass is 382 g/mol. The molecule has 0 radical (unpaired) electrons. The third-order valence-electron chi connectivity index (χ3n) is 5.97. The maximum atomic E-state index is 12.8. The van der Waals surface area contributed by atoms with Crippen LogP contribution in [0.4, 0.5) is 5.69 Å². The summed E-state index contributed by atoms with van der Waals surface area (Å²) in [6.45, 7) is 10.2. The van der Waals surface area contributed by atoms with Gasteiger partial charge in [-0.05, 0) is 62.3 Å². The van der Waals surface area contributed by atoms with Crippen molar-refractivity contribution in [3.05, 3.63) is 46.8 Å². The number of nitrogens with zero attached hydrogens (tertiary/aromatic N) is 3. The summed E-state index contributed by atoms with van der Waals surface area (Å²) >= 11 is 0. The Morgan fingerprint density at radius 2 is 1.96 bits per heavy atom. The highest BCUT2D eigenvalue weighted by molar-refractivity contribution is 5.76. The van der Waals surface area contributed by atoms with E-state index in [4.69, 9.17) is 0 Å². The van der Waals surface area contributed by atoms with Crippen LogP contribution in [0.5, 0.6) is 0 Å². The van der Waals surface area contributed by atoms with Gasteiger partial charge in [-0.1, -0.05) is 26.0 Å². The Balaban J connectivity index is 1.54. The molecule has 1 atom stereocenters. The first kappa shape index (κ1) is 20.4. The lowest BCUT2D eigenvalue weighted by Gasteiger charge is -2.34. The highest BCUT2D eigenvalue weighted by Crippen LogP contribution is 2.21. The van der Waals surface area contributed by atoms with E-state index >= 15 is 0 Å². The topological polar surface area (TPSA) is 50.2 Å². The van der Waals surface area contributed by atoms with Crippen molar-refractivity contribution in [1.29, 1.82) is 0 Å². The molecule has 0 aliphatic carbocycles. The zero-order chi connectivity index (χ0) is 20.3. The highest BCUT2D eigenvalue weighted by Gasteiger charge is 2.24. The lowest BCUT2D eigenvalue weighted by molar-refractivity contribution is -0.132. The molecule has 152 valence electrons. The first-order valence-electron chi connectivity index (χ1n) is 10.5. The normalized spacial score (nSPS) is 17.2. The predicted molar refractivity (Wildman–Crippen MR) is 115 cm³/mol. The molecule has 1 aromatic heterocycles. The summed E-state index contributed by atoms with van der Waals surface area (Å²) in [6, 6.07) is 9.02. The molecule has 2 aromatic rings. The van der Waals surface area contributed by atoms with Gasteiger partial charge in [-0.15, -0.1) is 0 Å². The van der Waals surface area contributed by atoms with Crippen molar-refractivity contribution in [1.82, 2.24) is 14.7 Å². The Labute approximate surface area is 169 Å². The number of piperidine rings is 1. The minimum absolute atomic E-state index is 0.254. The summed E-state index contributed by atoms with van der Waals surface area (Å²) in [4.78, 5) is 14.8. The second-order valence-corrected chi connectivity index (χ2v) is 8.37. The van der Waals surface area contributed by atoms with E-state index in [1.54, 1.807) is 0 Å². The van der Waals surface area contributed by atoms with E-state index < -0.39 is 0 Å². The van der Waals surface area contributed by atoms with E-state index in [1.165, 1.54) is 11.1 Å². The van der Waals surface area contributed by atoms with E-state index in [0.717, 1.165) is 49.4 Å². The molecule has 0 bridgehead atoms. The SMILES string of the molecule is Cc1nn(C)c(C)c1CCC(=O)N1CCC[C@H](Nc2ccc(C(C)C)cc2)C1. The number of aromatic nitrogens is 2. The summed E-state index contributed by atoms with van der Waals surface area (Å²) in [5, 5.41) is 8.08. The van der Waals surface area contributed by atoms with E-state index in [-0.39, 0.29) is 5.91 Å². The zero-order valence-corrected chi connectivity index (χ0v) is 18.0. The van der Waals surface area contributed by atoms with Gasteiger partial charge in [-0.2, -0.15) is 5.10 Å². The number of aryl methyl sites for hydroxylation is 2. The number of likely N-dealkylation sites (tertiary alicyclic amines) is 1. The maximum Gasteiger partial charge on any atom is 0.222 e. The number of nitrogens with one attached hydrogen (secondary N) is 1. The zero-order valence-electron chi connectivity index (χ0n) is 18.0. The molecule has 0 spiro atoms. The molecule has 1 aliphatic heterocycles. The molecular formula is C23H34N4O. The molecule has 0 unspecified atom stereocenters. The Hall–Kier alpha value is -2.30. The third-order valence-corrected chi connectivity index (χ3v) is 5.97. The highest BCUT2D eigenvalue weighted by atomic mass is 16.2. The number of rotatable bonds is 6. The van der Waals surface area contributed by atoms with Gasteiger partial charge in [0.25, 0.3) is 0 Å². The molecule has 0 saturated carbocycles. The van der Waals surface area contributed by atoms with Crippen molar-refractivity contribution >= 4 is 11.6 Å². The fraction of sp³-hybridized carbons (Fsp3) is 0.565. The van der Waals surface area contributed by atoms with Gasteiger partial charge in [0.05, 0.1) is 5.69 Å². The van der Waals surface area contributed by atoms with Crippen LogP contribution in [-0.4, -0.2) is 39.7 Å². The largest absolute Gasteiger partial charge is 0.381 e. The Morgan fingerprint density at radius 3 is 2.57 bits per heavy atom. The summed E-state index contributed by atoms with van der Waals surface area (Å²) in [6.07, 6.45) is 3.49. The number of benzene rings is 1. The Bertz CT molecular complexity index is 807. The minimum atomic E-state index is 0.254. The lowest BCUT2D eigenvalue weighted by atomic mass is 10.0. The first-order valence-corrected chi connectivity index (χ1v) is 10.5. The standard InChI is InChI=1S/C23H34N4O/c1-16(2)19-8-10-20(11-9-19)24-21-7-6-14-27(15-21)23(28)13-12-22-17(3)25-26(5)18(22)4/h8-11,16,21,24H,6-7,12-15H2,1-5H3/t21-/m0/s1. The van der Waals surface area contributed by atoms with Crippen LogP contribution in [0.1, 0.15) is 61.5 Å². The van der Waals surface area contributed by atoms with Crippen molar-refractivity contribution in [2.24, 2.45) is 7.05 Å². The van der Waals surface area contributed by atoms with Crippen molar-refractivity contribution in [2.45, 2.75) is 65.3 Å². The first-order chi connectivity index (χ1) is 13.3. The Morgan fingerprint density at radius 1 is 1.25 bits per heavy atom. The lowest BCUT2D eigenvalue weighted by Crippen LogP contribution is -2.45. The molecule has 1 N–H and O–H groups in total. The molecule has 5 nitrogen and oxygen atoms in total.